The van der Waals surface area contributed by atoms with E-state index in [1.807, 2.05) is 20.0 Å². The molecule has 0 heterocycles. The summed E-state index contributed by atoms with van der Waals surface area (Å²) >= 11 is 0. The molecule has 0 bridgehead atoms. The first-order valence-corrected chi connectivity index (χ1v) is 3.81. The highest BCUT2D eigenvalue weighted by atomic mass is 15.0. The molecule has 1 atom stereocenters. The third kappa shape index (κ3) is 5.63. The second-order valence-electron chi connectivity index (χ2n) is 2.78. The molecule has 0 fully saturated rings. The van der Waals surface area contributed by atoms with Crippen LogP contribution < -0.4 is 11.1 Å². The van der Waals surface area contributed by atoms with Crippen molar-refractivity contribution >= 4 is 0 Å². The van der Waals surface area contributed by atoms with E-state index in [0.717, 1.165) is 12.8 Å². The summed E-state index contributed by atoms with van der Waals surface area (Å²) in [5.41, 5.74) is 6.93. The van der Waals surface area contributed by atoms with Gasteiger partial charge in [-0.25, -0.2) is 0 Å². The average molecular weight is 142 g/mol. The molecule has 0 aromatic heterocycles. The van der Waals surface area contributed by atoms with Crippen molar-refractivity contribution in [2.75, 3.05) is 0 Å². The highest BCUT2D eigenvalue weighted by Crippen LogP contribution is 1.90. The molecule has 0 radical (unpaired) electrons. The van der Waals surface area contributed by atoms with Crippen LogP contribution in [0.15, 0.2) is 11.8 Å². The summed E-state index contributed by atoms with van der Waals surface area (Å²) < 4.78 is 0. The van der Waals surface area contributed by atoms with E-state index in [1.54, 1.807) is 0 Å². The summed E-state index contributed by atoms with van der Waals surface area (Å²) in [6, 6.07) is 0. The fourth-order valence-electron chi connectivity index (χ4n) is 0.668. The van der Waals surface area contributed by atoms with Gasteiger partial charge in [0, 0.05) is 0 Å². The van der Waals surface area contributed by atoms with Gasteiger partial charge in [-0.3, -0.25) is 0 Å². The van der Waals surface area contributed by atoms with Gasteiger partial charge < -0.3 is 11.1 Å². The van der Waals surface area contributed by atoms with Crippen molar-refractivity contribution in [3.63, 3.8) is 0 Å². The van der Waals surface area contributed by atoms with E-state index < -0.39 is 0 Å². The monoisotopic (exact) mass is 142 g/mol. The van der Waals surface area contributed by atoms with Gasteiger partial charge in [0.1, 0.15) is 0 Å². The molecule has 2 heteroatoms. The molecule has 0 aromatic rings. The Morgan fingerprint density at radius 3 is 2.60 bits per heavy atom. The number of rotatable bonds is 4. The van der Waals surface area contributed by atoms with Gasteiger partial charge in [-0.05, 0) is 26.5 Å². The summed E-state index contributed by atoms with van der Waals surface area (Å²) in [4.78, 5) is 0. The third-order valence-corrected chi connectivity index (χ3v) is 1.19. The van der Waals surface area contributed by atoms with Crippen molar-refractivity contribution in [2.45, 2.75) is 39.8 Å². The second kappa shape index (κ2) is 5.30. The fraction of sp³-hybridized carbons (Fsp3) is 0.750. The minimum absolute atomic E-state index is 0.125. The highest BCUT2D eigenvalue weighted by Gasteiger charge is 1.93. The van der Waals surface area contributed by atoms with E-state index in [1.165, 1.54) is 5.57 Å². The maximum Gasteiger partial charge on any atom is 0.0737 e. The number of hydrogen-bond donors (Lipinski definition) is 2. The summed E-state index contributed by atoms with van der Waals surface area (Å²) in [6.45, 7) is 6.22. The van der Waals surface area contributed by atoms with Gasteiger partial charge >= 0.3 is 0 Å². The Kier molecular flexibility index (Phi) is 5.03. The topological polar surface area (TPSA) is 38.0 Å². The predicted octanol–water partition coefficient (Wildman–Crippen LogP) is 1.58. The first kappa shape index (κ1) is 9.50. The van der Waals surface area contributed by atoms with Crippen molar-refractivity contribution in [1.29, 1.82) is 0 Å². The van der Waals surface area contributed by atoms with Gasteiger partial charge in [0.05, 0.1) is 6.17 Å². The molecule has 0 aliphatic heterocycles. The largest absolute Gasteiger partial charge is 0.376 e. The van der Waals surface area contributed by atoms with E-state index in [9.17, 15) is 0 Å². The normalized spacial score (nSPS) is 12.4. The molecule has 0 saturated carbocycles. The Bertz CT molecular complexity index is 104. The summed E-state index contributed by atoms with van der Waals surface area (Å²) in [6.07, 6.45) is 4.24. The molecule has 2 nitrogen and oxygen atoms in total. The molecule has 0 aromatic carbocycles. The van der Waals surface area contributed by atoms with Gasteiger partial charge in [-0.2, -0.15) is 0 Å². The van der Waals surface area contributed by atoms with Crippen LogP contribution >= 0.6 is 0 Å². The standard InChI is InChI=1S/C8H18N2/c1-4-5-8(9)10-6-7(2)3/h6,8,10H,4-5,9H2,1-3H3/t8-/m1/s1. The van der Waals surface area contributed by atoms with Crippen LogP contribution in [0.25, 0.3) is 0 Å². The summed E-state index contributed by atoms with van der Waals surface area (Å²) in [7, 11) is 0. The van der Waals surface area contributed by atoms with E-state index in [-0.39, 0.29) is 6.17 Å². The molecule has 0 saturated heterocycles. The number of hydrogen-bond acceptors (Lipinski definition) is 2. The van der Waals surface area contributed by atoms with Crippen molar-refractivity contribution in [1.82, 2.24) is 5.32 Å². The SMILES string of the molecule is CCC[C@H](N)NC=C(C)C. The predicted molar refractivity (Wildman–Crippen MR) is 45.5 cm³/mol. The molecule has 0 aliphatic rings. The zero-order valence-electron chi connectivity index (χ0n) is 7.15. The van der Waals surface area contributed by atoms with Crippen molar-refractivity contribution in [3.8, 4) is 0 Å². The van der Waals surface area contributed by atoms with Crippen molar-refractivity contribution in [2.24, 2.45) is 5.73 Å². The quantitative estimate of drug-likeness (QED) is 0.585. The van der Waals surface area contributed by atoms with E-state index in [2.05, 4.69) is 12.2 Å². The van der Waals surface area contributed by atoms with Crippen LogP contribution in [0.2, 0.25) is 0 Å². The van der Waals surface area contributed by atoms with Crippen LogP contribution in [-0.4, -0.2) is 6.17 Å². The van der Waals surface area contributed by atoms with Gasteiger partial charge in [0.15, 0.2) is 0 Å². The van der Waals surface area contributed by atoms with Gasteiger partial charge in [-0.1, -0.05) is 18.9 Å². The van der Waals surface area contributed by atoms with Crippen LogP contribution in [-0.2, 0) is 0 Å². The first-order valence-electron chi connectivity index (χ1n) is 3.81. The minimum atomic E-state index is 0.125. The number of nitrogens with one attached hydrogen (secondary N) is 1. The lowest BCUT2D eigenvalue weighted by molar-refractivity contribution is 0.553. The van der Waals surface area contributed by atoms with Crippen LogP contribution in [0, 0.1) is 0 Å². The lowest BCUT2D eigenvalue weighted by Crippen LogP contribution is -2.33. The van der Waals surface area contributed by atoms with Gasteiger partial charge in [-0.15, -0.1) is 0 Å². The molecule has 0 rings (SSSR count). The second-order valence-corrected chi connectivity index (χ2v) is 2.78. The van der Waals surface area contributed by atoms with E-state index in [0.29, 0.717) is 0 Å². The van der Waals surface area contributed by atoms with Crippen LogP contribution in [0.5, 0.6) is 0 Å². The summed E-state index contributed by atoms with van der Waals surface area (Å²) in [5, 5.41) is 3.10. The molecule has 0 amide bonds. The van der Waals surface area contributed by atoms with Crippen LogP contribution in [0.3, 0.4) is 0 Å². The molecular weight excluding hydrogens is 124 g/mol. The maximum atomic E-state index is 5.68. The molecule has 60 valence electrons. The minimum Gasteiger partial charge on any atom is -0.376 e. The maximum absolute atomic E-state index is 5.68. The van der Waals surface area contributed by atoms with E-state index >= 15 is 0 Å². The number of allylic oxidation sites excluding steroid dienone is 1. The lowest BCUT2D eigenvalue weighted by atomic mass is 10.3. The molecule has 10 heavy (non-hydrogen) atoms. The molecule has 0 aliphatic carbocycles. The Balaban J connectivity index is 3.38. The molecule has 0 unspecified atom stereocenters. The smallest absolute Gasteiger partial charge is 0.0737 e. The molecule has 0 spiro atoms. The van der Waals surface area contributed by atoms with Gasteiger partial charge in [0.25, 0.3) is 0 Å². The van der Waals surface area contributed by atoms with Gasteiger partial charge in [0.2, 0.25) is 0 Å². The van der Waals surface area contributed by atoms with Crippen LogP contribution in [0.1, 0.15) is 33.6 Å². The zero-order chi connectivity index (χ0) is 7.98. The highest BCUT2D eigenvalue weighted by molar-refractivity contribution is 4.91. The lowest BCUT2D eigenvalue weighted by Gasteiger charge is -2.09. The van der Waals surface area contributed by atoms with E-state index in [4.69, 9.17) is 5.73 Å². The fourth-order valence-corrected chi connectivity index (χ4v) is 0.668. The Labute approximate surface area is 63.5 Å². The zero-order valence-corrected chi connectivity index (χ0v) is 7.15. The third-order valence-electron chi connectivity index (χ3n) is 1.19. The average Bonchev–Trinajstić information content (AvgIpc) is 1.85. The Morgan fingerprint density at radius 2 is 2.20 bits per heavy atom. The first-order chi connectivity index (χ1) is 4.66. The number of nitrogens with two attached hydrogens (primary N) is 1. The van der Waals surface area contributed by atoms with Crippen molar-refractivity contribution < 1.29 is 0 Å². The summed E-state index contributed by atoms with van der Waals surface area (Å²) in [5.74, 6) is 0. The molecular formula is C8H18N2. The van der Waals surface area contributed by atoms with Crippen molar-refractivity contribution in [3.05, 3.63) is 11.8 Å². The molecule has 3 N–H and O–H groups in total. The Hall–Kier alpha value is -0.500. The Morgan fingerprint density at radius 1 is 1.60 bits per heavy atom. The van der Waals surface area contributed by atoms with Crippen LogP contribution in [0.4, 0.5) is 0 Å².